The molecule has 1 fully saturated rings. The van der Waals surface area contributed by atoms with Crippen LogP contribution in [0.3, 0.4) is 0 Å². The van der Waals surface area contributed by atoms with Gasteiger partial charge < -0.3 is 0 Å². The van der Waals surface area contributed by atoms with Crippen LogP contribution in [0, 0.1) is 12.8 Å². The van der Waals surface area contributed by atoms with E-state index in [0.717, 1.165) is 23.0 Å². The molecule has 90 valence electrons. The number of rotatable bonds is 6. The third-order valence-electron chi connectivity index (χ3n) is 3.33. The Labute approximate surface area is 107 Å². The van der Waals surface area contributed by atoms with Crippen molar-refractivity contribution in [3.05, 3.63) is 17.5 Å². The Kier molecular flexibility index (Phi) is 4.06. The van der Waals surface area contributed by atoms with Gasteiger partial charge in [0.2, 0.25) is 0 Å². The second kappa shape index (κ2) is 5.35. The molecular formula is C13H21BrN2. The second-order valence-electron chi connectivity index (χ2n) is 4.84. The molecule has 2 rings (SSSR count). The summed E-state index contributed by atoms with van der Waals surface area (Å²) in [6, 6.07) is 2.23. The van der Waals surface area contributed by atoms with Gasteiger partial charge in [-0.15, -0.1) is 0 Å². The maximum Gasteiger partial charge on any atom is 0.0596 e. The molecule has 0 aliphatic heterocycles. The van der Waals surface area contributed by atoms with E-state index in [1.54, 1.807) is 0 Å². The zero-order chi connectivity index (χ0) is 11.5. The van der Waals surface area contributed by atoms with Crippen molar-refractivity contribution in [2.45, 2.75) is 57.3 Å². The van der Waals surface area contributed by atoms with Crippen molar-refractivity contribution in [2.75, 3.05) is 0 Å². The third-order valence-corrected chi connectivity index (χ3v) is 4.54. The van der Waals surface area contributed by atoms with E-state index in [1.165, 1.54) is 37.8 Å². The number of hydrogen-bond donors (Lipinski definition) is 0. The molecule has 1 aliphatic rings. The lowest BCUT2D eigenvalue weighted by Crippen LogP contribution is -2.05. The van der Waals surface area contributed by atoms with Gasteiger partial charge in [-0.25, -0.2) is 0 Å². The highest BCUT2D eigenvalue weighted by Gasteiger charge is 2.28. The van der Waals surface area contributed by atoms with Crippen LogP contribution in [0.15, 0.2) is 6.07 Å². The molecule has 0 saturated heterocycles. The smallest absolute Gasteiger partial charge is 0.0596 e. The van der Waals surface area contributed by atoms with Crippen LogP contribution in [0.5, 0.6) is 0 Å². The van der Waals surface area contributed by atoms with Gasteiger partial charge in [0.1, 0.15) is 0 Å². The SMILES string of the molecule is CCn1nc(C)cc1CCCC(Br)C1CC1. The van der Waals surface area contributed by atoms with Crippen molar-refractivity contribution < 1.29 is 0 Å². The first-order valence-electron chi connectivity index (χ1n) is 6.38. The largest absolute Gasteiger partial charge is 0.270 e. The average Bonchev–Trinajstić information content (AvgIpc) is 3.03. The fraction of sp³-hybridized carbons (Fsp3) is 0.769. The van der Waals surface area contributed by atoms with Gasteiger partial charge in [0.05, 0.1) is 5.69 Å². The van der Waals surface area contributed by atoms with Crippen LogP contribution in [0.2, 0.25) is 0 Å². The quantitative estimate of drug-likeness (QED) is 0.729. The highest BCUT2D eigenvalue weighted by atomic mass is 79.9. The maximum atomic E-state index is 4.48. The van der Waals surface area contributed by atoms with E-state index in [-0.39, 0.29) is 0 Å². The van der Waals surface area contributed by atoms with Gasteiger partial charge in [0.25, 0.3) is 0 Å². The predicted octanol–water partition coefficient (Wildman–Crippen LogP) is 3.71. The summed E-state index contributed by atoms with van der Waals surface area (Å²) < 4.78 is 2.13. The Morgan fingerprint density at radius 3 is 2.94 bits per heavy atom. The van der Waals surface area contributed by atoms with E-state index in [2.05, 4.69) is 45.6 Å². The van der Waals surface area contributed by atoms with Gasteiger partial charge >= 0.3 is 0 Å². The van der Waals surface area contributed by atoms with Crippen LogP contribution in [-0.4, -0.2) is 14.6 Å². The first kappa shape index (κ1) is 12.2. The van der Waals surface area contributed by atoms with E-state index >= 15 is 0 Å². The topological polar surface area (TPSA) is 17.8 Å². The van der Waals surface area contributed by atoms with Gasteiger partial charge in [-0.1, -0.05) is 15.9 Å². The van der Waals surface area contributed by atoms with E-state index in [1.807, 2.05) is 0 Å². The number of halogens is 1. The van der Waals surface area contributed by atoms with Crippen molar-refractivity contribution in [2.24, 2.45) is 5.92 Å². The van der Waals surface area contributed by atoms with Gasteiger partial charge in [-0.2, -0.15) is 5.10 Å². The molecule has 0 amide bonds. The maximum absolute atomic E-state index is 4.48. The molecule has 1 saturated carbocycles. The molecule has 1 aliphatic carbocycles. The van der Waals surface area contributed by atoms with Crippen molar-refractivity contribution >= 4 is 15.9 Å². The van der Waals surface area contributed by atoms with Crippen LogP contribution in [-0.2, 0) is 13.0 Å². The standard InChI is InChI=1S/C13H21BrN2/c1-3-16-12(9-10(2)15-16)5-4-6-13(14)11-7-8-11/h9,11,13H,3-8H2,1-2H3. The lowest BCUT2D eigenvalue weighted by Gasteiger charge is -2.08. The molecule has 1 aromatic rings. The lowest BCUT2D eigenvalue weighted by molar-refractivity contribution is 0.586. The van der Waals surface area contributed by atoms with Crippen LogP contribution >= 0.6 is 15.9 Å². The van der Waals surface area contributed by atoms with Crippen molar-refractivity contribution in [1.29, 1.82) is 0 Å². The van der Waals surface area contributed by atoms with E-state index < -0.39 is 0 Å². The molecule has 1 unspecified atom stereocenters. The zero-order valence-corrected chi connectivity index (χ0v) is 11.8. The van der Waals surface area contributed by atoms with Gasteiger partial charge in [-0.05, 0) is 57.9 Å². The number of aryl methyl sites for hydroxylation is 3. The first-order valence-corrected chi connectivity index (χ1v) is 7.29. The minimum Gasteiger partial charge on any atom is -0.270 e. The minimum atomic E-state index is 0.756. The van der Waals surface area contributed by atoms with Gasteiger partial charge in [0, 0.05) is 17.1 Å². The normalized spacial score (nSPS) is 17.7. The van der Waals surface area contributed by atoms with Crippen LogP contribution in [0.25, 0.3) is 0 Å². The Hall–Kier alpha value is -0.310. The van der Waals surface area contributed by atoms with Crippen LogP contribution in [0.1, 0.15) is 44.0 Å². The number of alkyl halides is 1. The summed E-state index contributed by atoms with van der Waals surface area (Å²) in [4.78, 5) is 0.756. The molecule has 1 atom stereocenters. The summed E-state index contributed by atoms with van der Waals surface area (Å²) in [7, 11) is 0. The minimum absolute atomic E-state index is 0.756. The molecule has 0 radical (unpaired) electrons. The zero-order valence-electron chi connectivity index (χ0n) is 10.2. The molecule has 0 spiro atoms. The van der Waals surface area contributed by atoms with E-state index in [0.29, 0.717) is 0 Å². The van der Waals surface area contributed by atoms with Crippen LogP contribution < -0.4 is 0 Å². The molecule has 0 aromatic carbocycles. The fourth-order valence-corrected chi connectivity index (χ4v) is 3.10. The Morgan fingerprint density at radius 1 is 1.56 bits per heavy atom. The van der Waals surface area contributed by atoms with Crippen molar-refractivity contribution in [1.82, 2.24) is 9.78 Å². The lowest BCUT2D eigenvalue weighted by atomic mass is 10.1. The highest BCUT2D eigenvalue weighted by molar-refractivity contribution is 9.09. The molecule has 2 nitrogen and oxygen atoms in total. The Morgan fingerprint density at radius 2 is 2.31 bits per heavy atom. The Balaban J connectivity index is 1.79. The van der Waals surface area contributed by atoms with E-state index in [9.17, 15) is 0 Å². The first-order chi connectivity index (χ1) is 7.70. The molecule has 1 aromatic heterocycles. The average molecular weight is 285 g/mol. The van der Waals surface area contributed by atoms with E-state index in [4.69, 9.17) is 0 Å². The molecule has 0 N–H and O–H groups in total. The fourth-order valence-electron chi connectivity index (χ4n) is 2.25. The number of aromatic nitrogens is 2. The third kappa shape index (κ3) is 3.09. The summed E-state index contributed by atoms with van der Waals surface area (Å²) >= 11 is 3.80. The highest BCUT2D eigenvalue weighted by Crippen LogP contribution is 2.38. The molecule has 1 heterocycles. The Bertz CT molecular complexity index is 342. The molecule has 0 bridgehead atoms. The second-order valence-corrected chi connectivity index (χ2v) is 6.01. The summed E-state index contributed by atoms with van der Waals surface area (Å²) in [6.45, 7) is 5.23. The molecule has 3 heteroatoms. The number of hydrogen-bond acceptors (Lipinski definition) is 1. The van der Waals surface area contributed by atoms with Crippen molar-refractivity contribution in [3.8, 4) is 0 Å². The molecular weight excluding hydrogens is 264 g/mol. The summed E-state index contributed by atoms with van der Waals surface area (Å²) in [5, 5.41) is 4.48. The molecule has 16 heavy (non-hydrogen) atoms. The summed E-state index contributed by atoms with van der Waals surface area (Å²) in [5.41, 5.74) is 2.55. The van der Waals surface area contributed by atoms with Crippen molar-refractivity contribution in [3.63, 3.8) is 0 Å². The van der Waals surface area contributed by atoms with Crippen LogP contribution in [0.4, 0.5) is 0 Å². The number of nitrogens with zero attached hydrogens (tertiary/aromatic N) is 2. The monoisotopic (exact) mass is 284 g/mol. The van der Waals surface area contributed by atoms with Gasteiger partial charge in [0.15, 0.2) is 0 Å². The summed E-state index contributed by atoms with van der Waals surface area (Å²) in [6.07, 6.45) is 6.61. The van der Waals surface area contributed by atoms with Gasteiger partial charge in [-0.3, -0.25) is 4.68 Å². The summed E-state index contributed by atoms with van der Waals surface area (Å²) in [5.74, 6) is 0.970. The predicted molar refractivity (Wildman–Crippen MR) is 71.0 cm³/mol.